The quantitative estimate of drug-likeness (QED) is 0.510. The summed E-state index contributed by atoms with van der Waals surface area (Å²) in [7, 11) is 1.32. The molecule has 1 unspecified atom stereocenters. The largest absolute Gasteiger partial charge is 0.481 e. The standard InChI is InChI=1S/C21H30N4O4.C2H4O2/c1-29-18(26)4-8-24-19(27)17-11-16(12-23-13-17)10-15-5-9-25(14-15)20(28)21(22)6-2-3-7-21;1-2(3)4/h11-13,15H,2-10,14,22H2,1H3,(H,24,27);1H3,(H,3,4). The van der Waals surface area contributed by atoms with Crippen molar-refractivity contribution >= 4 is 23.8 Å². The number of amides is 2. The van der Waals surface area contributed by atoms with Gasteiger partial charge in [-0.1, -0.05) is 12.8 Å². The molecule has 2 aliphatic rings. The number of methoxy groups -OCH3 is 1. The van der Waals surface area contributed by atoms with Crippen LogP contribution in [0.15, 0.2) is 18.5 Å². The molecule has 1 aliphatic carbocycles. The van der Waals surface area contributed by atoms with Crippen LogP contribution < -0.4 is 11.1 Å². The predicted octanol–water partition coefficient (Wildman–Crippen LogP) is 1.13. The Kier molecular flexibility index (Phi) is 9.77. The molecule has 10 heteroatoms. The van der Waals surface area contributed by atoms with Crippen molar-refractivity contribution in [3.63, 3.8) is 0 Å². The number of nitrogens with one attached hydrogen (secondary N) is 1. The molecule has 1 aromatic heterocycles. The minimum absolute atomic E-state index is 0.0920. The number of nitrogens with two attached hydrogens (primary N) is 1. The summed E-state index contributed by atoms with van der Waals surface area (Å²) in [5.74, 6) is -1.04. The number of aliphatic carboxylic acids is 1. The molecule has 1 aliphatic heterocycles. The first-order valence-electron chi connectivity index (χ1n) is 11.2. The summed E-state index contributed by atoms with van der Waals surface area (Å²) in [6.45, 7) is 2.74. The second kappa shape index (κ2) is 12.3. The van der Waals surface area contributed by atoms with Crippen LogP contribution in [0.4, 0.5) is 0 Å². The molecule has 1 saturated carbocycles. The van der Waals surface area contributed by atoms with Gasteiger partial charge in [0.15, 0.2) is 0 Å². The molecule has 0 radical (unpaired) electrons. The summed E-state index contributed by atoms with van der Waals surface area (Å²) >= 11 is 0. The van der Waals surface area contributed by atoms with Gasteiger partial charge >= 0.3 is 5.97 Å². The van der Waals surface area contributed by atoms with Gasteiger partial charge in [-0.05, 0) is 43.2 Å². The Bertz CT molecular complexity index is 849. The highest BCUT2D eigenvalue weighted by Gasteiger charge is 2.41. The lowest BCUT2D eigenvalue weighted by Crippen LogP contribution is -2.52. The maximum Gasteiger partial charge on any atom is 0.307 e. The molecule has 2 fully saturated rings. The number of nitrogens with zero attached hydrogens (tertiary/aromatic N) is 2. The van der Waals surface area contributed by atoms with E-state index < -0.39 is 11.5 Å². The third kappa shape index (κ3) is 8.12. The van der Waals surface area contributed by atoms with E-state index in [2.05, 4.69) is 15.0 Å². The highest BCUT2D eigenvalue weighted by Crippen LogP contribution is 2.31. The monoisotopic (exact) mass is 462 g/mol. The average Bonchev–Trinajstić information content (AvgIpc) is 3.42. The highest BCUT2D eigenvalue weighted by molar-refractivity contribution is 5.94. The minimum Gasteiger partial charge on any atom is -0.481 e. The van der Waals surface area contributed by atoms with E-state index in [1.807, 2.05) is 11.0 Å². The number of pyridine rings is 1. The van der Waals surface area contributed by atoms with Crippen LogP contribution in [0.25, 0.3) is 0 Å². The van der Waals surface area contributed by atoms with Crippen molar-refractivity contribution < 1.29 is 29.0 Å². The van der Waals surface area contributed by atoms with Crippen LogP contribution in [0.2, 0.25) is 0 Å². The van der Waals surface area contributed by atoms with Gasteiger partial charge in [-0.3, -0.25) is 24.2 Å². The minimum atomic E-state index is -0.833. The molecule has 10 nitrogen and oxygen atoms in total. The normalized spacial score (nSPS) is 18.8. The zero-order chi connectivity index (χ0) is 24.4. The maximum atomic E-state index is 12.8. The number of carboxylic acids is 1. The second-order valence-corrected chi connectivity index (χ2v) is 8.66. The van der Waals surface area contributed by atoms with Crippen molar-refractivity contribution in [1.82, 2.24) is 15.2 Å². The molecule has 0 bridgehead atoms. The first-order valence-corrected chi connectivity index (χ1v) is 11.2. The van der Waals surface area contributed by atoms with E-state index in [0.29, 0.717) is 18.0 Å². The first kappa shape index (κ1) is 26.2. The Labute approximate surface area is 193 Å². The van der Waals surface area contributed by atoms with E-state index in [4.69, 9.17) is 15.6 Å². The van der Waals surface area contributed by atoms with Gasteiger partial charge in [0.2, 0.25) is 5.91 Å². The van der Waals surface area contributed by atoms with Gasteiger partial charge in [0, 0.05) is 39.0 Å². The fourth-order valence-corrected chi connectivity index (χ4v) is 4.26. The maximum absolute atomic E-state index is 12.8. The van der Waals surface area contributed by atoms with Gasteiger partial charge in [0.05, 0.1) is 24.6 Å². The third-order valence-corrected chi connectivity index (χ3v) is 5.92. The number of carboxylic acid groups (broad SMARTS) is 1. The Balaban J connectivity index is 0.000000890. The van der Waals surface area contributed by atoms with E-state index in [1.165, 1.54) is 13.3 Å². The zero-order valence-corrected chi connectivity index (χ0v) is 19.3. The van der Waals surface area contributed by atoms with Crippen molar-refractivity contribution in [2.24, 2.45) is 11.7 Å². The number of aromatic nitrogens is 1. The number of rotatable bonds is 7. The van der Waals surface area contributed by atoms with E-state index in [0.717, 1.165) is 57.6 Å². The molecule has 182 valence electrons. The number of carbonyl (C=O) groups is 4. The van der Waals surface area contributed by atoms with E-state index in [-0.39, 0.29) is 30.7 Å². The molecule has 3 rings (SSSR count). The lowest BCUT2D eigenvalue weighted by atomic mass is 9.97. The Morgan fingerprint density at radius 2 is 1.94 bits per heavy atom. The summed E-state index contributed by atoms with van der Waals surface area (Å²) in [5, 5.41) is 10.1. The molecule has 2 heterocycles. The molecule has 0 aromatic carbocycles. The molecule has 2 amide bonds. The Morgan fingerprint density at radius 3 is 2.58 bits per heavy atom. The van der Waals surface area contributed by atoms with Gasteiger partial charge in [-0.2, -0.15) is 0 Å². The predicted molar refractivity (Wildman–Crippen MR) is 120 cm³/mol. The number of likely N-dealkylation sites (tertiary alicyclic amines) is 1. The average molecular weight is 463 g/mol. The molecular formula is C23H34N4O6. The van der Waals surface area contributed by atoms with Crippen molar-refractivity contribution in [1.29, 1.82) is 0 Å². The SMILES string of the molecule is CC(=O)O.COC(=O)CCNC(=O)c1cncc(CC2CCN(C(=O)C3(N)CCCC3)C2)c1. The molecule has 1 aromatic rings. The molecule has 33 heavy (non-hydrogen) atoms. The summed E-state index contributed by atoms with van der Waals surface area (Å²) in [6, 6.07) is 1.83. The van der Waals surface area contributed by atoms with Gasteiger partial charge in [-0.25, -0.2) is 0 Å². The highest BCUT2D eigenvalue weighted by atomic mass is 16.5. The van der Waals surface area contributed by atoms with Crippen LogP contribution in [0.1, 0.15) is 61.4 Å². The first-order chi connectivity index (χ1) is 15.6. The van der Waals surface area contributed by atoms with Crippen LogP contribution >= 0.6 is 0 Å². The number of ether oxygens (including phenoxy) is 1. The van der Waals surface area contributed by atoms with Gasteiger partial charge in [-0.15, -0.1) is 0 Å². The second-order valence-electron chi connectivity index (χ2n) is 8.66. The van der Waals surface area contributed by atoms with Gasteiger partial charge in [0.1, 0.15) is 0 Å². The fraction of sp³-hybridized carbons (Fsp3) is 0.609. The van der Waals surface area contributed by atoms with Crippen molar-refractivity contribution in [2.45, 2.75) is 57.4 Å². The van der Waals surface area contributed by atoms with Gasteiger partial charge in [0.25, 0.3) is 11.9 Å². The van der Waals surface area contributed by atoms with Crippen molar-refractivity contribution in [3.05, 3.63) is 29.6 Å². The Hall–Kier alpha value is -3.01. The molecule has 0 spiro atoms. The summed E-state index contributed by atoms with van der Waals surface area (Å²) < 4.78 is 4.56. The summed E-state index contributed by atoms with van der Waals surface area (Å²) in [5.41, 5.74) is 7.09. The number of hydrogen-bond acceptors (Lipinski definition) is 7. The van der Waals surface area contributed by atoms with Crippen LogP contribution in [-0.4, -0.2) is 71.0 Å². The number of carbonyl (C=O) groups excluding carboxylic acids is 3. The van der Waals surface area contributed by atoms with Crippen LogP contribution in [-0.2, 0) is 25.5 Å². The van der Waals surface area contributed by atoms with Crippen molar-refractivity contribution in [2.75, 3.05) is 26.7 Å². The van der Waals surface area contributed by atoms with E-state index in [1.54, 1.807) is 6.20 Å². The van der Waals surface area contributed by atoms with Crippen LogP contribution in [0.3, 0.4) is 0 Å². The van der Waals surface area contributed by atoms with Crippen LogP contribution in [0, 0.1) is 5.92 Å². The van der Waals surface area contributed by atoms with Crippen LogP contribution in [0.5, 0.6) is 0 Å². The molecular weight excluding hydrogens is 428 g/mol. The topological polar surface area (TPSA) is 152 Å². The lowest BCUT2D eigenvalue weighted by Gasteiger charge is -2.28. The molecule has 4 N–H and O–H groups in total. The van der Waals surface area contributed by atoms with E-state index in [9.17, 15) is 14.4 Å². The summed E-state index contributed by atoms with van der Waals surface area (Å²) in [4.78, 5) is 51.3. The lowest BCUT2D eigenvalue weighted by molar-refractivity contribution is -0.140. The molecule has 1 atom stereocenters. The number of hydrogen-bond donors (Lipinski definition) is 3. The Morgan fingerprint density at radius 1 is 1.27 bits per heavy atom. The summed E-state index contributed by atoms with van der Waals surface area (Å²) in [6.07, 6.45) is 8.71. The van der Waals surface area contributed by atoms with Crippen molar-refractivity contribution in [3.8, 4) is 0 Å². The van der Waals surface area contributed by atoms with Gasteiger partial charge < -0.3 is 25.8 Å². The molecule has 1 saturated heterocycles. The number of esters is 1. The zero-order valence-electron chi connectivity index (χ0n) is 19.3. The third-order valence-electron chi connectivity index (χ3n) is 5.92. The van der Waals surface area contributed by atoms with E-state index >= 15 is 0 Å². The fourth-order valence-electron chi connectivity index (χ4n) is 4.26. The smallest absolute Gasteiger partial charge is 0.307 e.